The minimum absolute atomic E-state index is 0.0253. The molecule has 8 heteroatoms. The molecule has 3 N–H and O–H groups in total. The van der Waals surface area contributed by atoms with Gasteiger partial charge in [-0.2, -0.15) is 8.42 Å². The SMILES string of the molecule is CNS(=O)(=O)Nc1cccc(Cc2c(C)c3ccc(O)cc3oc2=O)c1. The first-order valence-electron chi connectivity index (χ1n) is 7.84. The quantitative estimate of drug-likeness (QED) is 0.594. The fourth-order valence-electron chi connectivity index (χ4n) is 2.74. The third kappa shape index (κ3) is 3.71. The highest BCUT2D eigenvalue weighted by atomic mass is 32.2. The average Bonchev–Trinajstić information content (AvgIpc) is 2.58. The Balaban J connectivity index is 1.99. The largest absolute Gasteiger partial charge is 0.508 e. The van der Waals surface area contributed by atoms with Gasteiger partial charge in [-0.15, -0.1) is 0 Å². The molecule has 0 saturated carbocycles. The Morgan fingerprint density at radius 2 is 1.92 bits per heavy atom. The van der Waals surface area contributed by atoms with Crippen LogP contribution in [0.15, 0.2) is 51.7 Å². The first-order chi connectivity index (χ1) is 12.3. The first-order valence-corrected chi connectivity index (χ1v) is 9.33. The van der Waals surface area contributed by atoms with Gasteiger partial charge < -0.3 is 9.52 Å². The molecule has 0 bridgehead atoms. The van der Waals surface area contributed by atoms with Crippen molar-refractivity contribution in [3.05, 3.63) is 69.6 Å². The van der Waals surface area contributed by atoms with E-state index in [2.05, 4.69) is 9.44 Å². The molecule has 0 fully saturated rings. The summed E-state index contributed by atoms with van der Waals surface area (Å²) in [5.74, 6) is 0.0253. The number of aryl methyl sites for hydroxylation is 1. The van der Waals surface area contributed by atoms with E-state index in [1.165, 1.54) is 19.2 Å². The van der Waals surface area contributed by atoms with Crippen molar-refractivity contribution in [3.8, 4) is 5.75 Å². The minimum atomic E-state index is -3.62. The highest BCUT2D eigenvalue weighted by Crippen LogP contribution is 2.25. The summed E-state index contributed by atoms with van der Waals surface area (Å²) in [5.41, 5.74) is 2.24. The summed E-state index contributed by atoms with van der Waals surface area (Å²) in [6, 6.07) is 11.4. The van der Waals surface area contributed by atoms with E-state index in [-0.39, 0.29) is 5.75 Å². The number of phenolic OH excluding ortho intramolecular Hbond substituents is 1. The first kappa shape index (κ1) is 18.0. The fourth-order valence-corrected chi connectivity index (χ4v) is 3.28. The van der Waals surface area contributed by atoms with Crippen molar-refractivity contribution in [1.82, 2.24) is 4.72 Å². The fraction of sp³-hybridized carbons (Fsp3) is 0.167. The van der Waals surface area contributed by atoms with E-state index in [1.54, 1.807) is 30.3 Å². The molecule has 0 radical (unpaired) electrons. The standard InChI is InChI=1S/C18H18N2O5S/c1-11-15-7-6-14(21)10-17(15)25-18(22)16(11)9-12-4-3-5-13(8-12)20-26(23,24)19-2/h3-8,10,19-21H,9H2,1-2H3. The monoisotopic (exact) mass is 374 g/mol. The molecule has 0 unspecified atom stereocenters. The van der Waals surface area contributed by atoms with E-state index in [1.807, 2.05) is 6.92 Å². The molecular weight excluding hydrogens is 356 g/mol. The zero-order valence-electron chi connectivity index (χ0n) is 14.2. The van der Waals surface area contributed by atoms with Crippen LogP contribution in [0.3, 0.4) is 0 Å². The predicted molar refractivity (Wildman–Crippen MR) is 99.7 cm³/mol. The van der Waals surface area contributed by atoms with Crippen LogP contribution >= 0.6 is 0 Å². The molecule has 1 aromatic heterocycles. The van der Waals surface area contributed by atoms with Gasteiger partial charge in [0.2, 0.25) is 0 Å². The van der Waals surface area contributed by atoms with E-state index in [0.29, 0.717) is 23.3 Å². The van der Waals surface area contributed by atoms with Crippen LogP contribution in [-0.4, -0.2) is 20.6 Å². The van der Waals surface area contributed by atoms with E-state index < -0.39 is 15.8 Å². The van der Waals surface area contributed by atoms with Gasteiger partial charge >= 0.3 is 5.63 Å². The molecule has 0 atom stereocenters. The second kappa shape index (κ2) is 6.81. The van der Waals surface area contributed by atoms with Gasteiger partial charge in [-0.05, 0) is 42.3 Å². The Morgan fingerprint density at radius 1 is 1.15 bits per heavy atom. The Bertz CT molecular complexity index is 1140. The highest BCUT2D eigenvalue weighted by molar-refractivity contribution is 7.90. The van der Waals surface area contributed by atoms with Crippen molar-refractivity contribution in [2.24, 2.45) is 0 Å². The van der Waals surface area contributed by atoms with Crippen LogP contribution in [0.1, 0.15) is 16.7 Å². The van der Waals surface area contributed by atoms with Gasteiger partial charge in [-0.25, -0.2) is 9.52 Å². The summed E-state index contributed by atoms with van der Waals surface area (Å²) in [5, 5.41) is 10.3. The van der Waals surface area contributed by atoms with Gasteiger partial charge in [-0.3, -0.25) is 4.72 Å². The number of hydrogen-bond donors (Lipinski definition) is 3. The Morgan fingerprint density at radius 3 is 2.65 bits per heavy atom. The van der Waals surface area contributed by atoms with Crippen molar-refractivity contribution < 1.29 is 17.9 Å². The second-order valence-corrected chi connectivity index (χ2v) is 7.48. The molecule has 136 valence electrons. The van der Waals surface area contributed by atoms with Crippen LogP contribution in [0.25, 0.3) is 11.0 Å². The van der Waals surface area contributed by atoms with Crippen molar-refractivity contribution >= 4 is 26.9 Å². The molecule has 1 heterocycles. The van der Waals surface area contributed by atoms with Crippen molar-refractivity contribution in [2.45, 2.75) is 13.3 Å². The van der Waals surface area contributed by atoms with Gasteiger partial charge in [0.05, 0.1) is 5.69 Å². The maximum absolute atomic E-state index is 12.4. The lowest BCUT2D eigenvalue weighted by Gasteiger charge is -2.10. The number of phenols is 1. The lowest BCUT2D eigenvalue weighted by atomic mass is 9.99. The minimum Gasteiger partial charge on any atom is -0.508 e. The Hall–Kier alpha value is -2.84. The molecule has 2 aromatic carbocycles. The number of hydrogen-bond acceptors (Lipinski definition) is 5. The molecule has 0 saturated heterocycles. The summed E-state index contributed by atoms with van der Waals surface area (Å²) < 4.78 is 33.1. The van der Waals surface area contributed by atoms with Crippen LogP contribution in [0.4, 0.5) is 5.69 Å². The normalized spacial score (nSPS) is 11.6. The topological polar surface area (TPSA) is 109 Å². The van der Waals surface area contributed by atoms with E-state index >= 15 is 0 Å². The maximum atomic E-state index is 12.4. The molecule has 7 nitrogen and oxygen atoms in total. The number of rotatable bonds is 5. The van der Waals surface area contributed by atoms with Gasteiger partial charge in [-0.1, -0.05) is 12.1 Å². The number of anilines is 1. The third-order valence-corrected chi connectivity index (χ3v) is 5.14. The Kier molecular flexibility index (Phi) is 4.71. The highest BCUT2D eigenvalue weighted by Gasteiger charge is 2.13. The number of fused-ring (bicyclic) bond motifs is 1. The van der Waals surface area contributed by atoms with Crippen LogP contribution in [0.2, 0.25) is 0 Å². The molecule has 3 aromatic rings. The molecule has 0 spiro atoms. The van der Waals surface area contributed by atoms with E-state index in [4.69, 9.17) is 4.42 Å². The summed E-state index contributed by atoms with van der Waals surface area (Å²) in [6.45, 7) is 1.82. The number of nitrogens with one attached hydrogen (secondary N) is 2. The van der Waals surface area contributed by atoms with Crippen LogP contribution in [-0.2, 0) is 16.6 Å². The zero-order valence-corrected chi connectivity index (χ0v) is 15.1. The van der Waals surface area contributed by atoms with E-state index in [9.17, 15) is 18.3 Å². The predicted octanol–water partition coefficient (Wildman–Crippen LogP) is 2.27. The van der Waals surface area contributed by atoms with Crippen LogP contribution in [0, 0.1) is 6.92 Å². The van der Waals surface area contributed by atoms with Crippen LogP contribution < -0.4 is 15.1 Å². The maximum Gasteiger partial charge on any atom is 0.340 e. The smallest absolute Gasteiger partial charge is 0.340 e. The summed E-state index contributed by atoms with van der Waals surface area (Å²) >= 11 is 0. The molecule has 0 aliphatic heterocycles. The van der Waals surface area contributed by atoms with Gasteiger partial charge in [0.25, 0.3) is 10.2 Å². The lowest BCUT2D eigenvalue weighted by Crippen LogP contribution is -2.26. The van der Waals surface area contributed by atoms with Gasteiger partial charge in [0.15, 0.2) is 0 Å². The zero-order chi connectivity index (χ0) is 18.9. The number of aromatic hydroxyl groups is 1. The molecule has 0 aliphatic rings. The molecule has 26 heavy (non-hydrogen) atoms. The van der Waals surface area contributed by atoms with Crippen molar-refractivity contribution in [2.75, 3.05) is 11.8 Å². The van der Waals surface area contributed by atoms with Gasteiger partial charge in [0, 0.05) is 30.5 Å². The molecule has 0 amide bonds. The lowest BCUT2D eigenvalue weighted by molar-refractivity contribution is 0.472. The molecular formula is C18H18N2O5S. The Labute approximate surface area is 150 Å². The summed E-state index contributed by atoms with van der Waals surface area (Å²) in [4.78, 5) is 12.4. The third-order valence-electron chi connectivity index (χ3n) is 4.10. The average molecular weight is 374 g/mol. The van der Waals surface area contributed by atoms with Crippen LogP contribution in [0.5, 0.6) is 5.75 Å². The van der Waals surface area contributed by atoms with Crippen molar-refractivity contribution in [1.29, 1.82) is 0 Å². The van der Waals surface area contributed by atoms with Gasteiger partial charge in [0.1, 0.15) is 11.3 Å². The molecule has 0 aliphatic carbocycles. The second-order valence-electron chi connectivity index (χ2n) is 5.86. The van der Waals surface area contributed by atoms with Crippen molar-refractivity contribution in [3.63, 3.8) is 0 Å². The summed E-state index contributed by atoms with van der Waals surface area (Å²) in [7, 11) is -2.30. The van der Waals surface area contributed by atoms with E-state index in [0.717, 1.165) is 16.5 Å². The summed E-state index contributed by atoms with van der Waals surface area (Å²) in [6.07, 6.45) is 0.292. The molecule has 3 rings (SSSR count). The number of benzene rings is 2.